The number of nitrogens with zero attached hydrogens (tertiary/aromatic N) is 1. The number of ether oxygens (including phenoxy) is 2. The normalized spacial score (nSPS) is 22.3. The third-order valence-corrected chi connectivity index (χ3v) is 1.66. The number of carbonyl (C=O) groups excluding carboxylic acids is 2. The second-order valence-corrected chi connectivity index (χ2v) is 2.44. The van der Waals surface area contributed by atoms with Crippen LogP contribution in [0, 0.1) is 0 Å². The van der Waals surface area contributed by atoms with Gasteiger partial charge in [-0.3, -0.25) is 4.90 Å². The number of hydrogen-bond donors (Lipinski definition) is 0. The van der Waals surface area contributed by atoms with E-state index >= 15 is 0 Å². The van der Waals surface area contributed by atoms with Crippen molar-refractivity contribution in [2.45, 2.75) is 19.9 Å². The van der Waals surface area contributed by atoms with Crippen molar-refractivity contribution in [3.05, 3.63) is 0 Å². The highest BCUT2D eigenvalue weighted by Gasteiger charge is 2.34. The molecule has 1 saturated heterocycles. The smallest absolute Gasteiger partial charge is 0.413 e. The molecule has 0 N–H and O–H groups in total. The molecule has 5 nitrogen and oxygen atoms in total. The zero-order valence-corrected chi connectivity index (χ0v) is 7.07. The van der Waals surface area contributed by atoms with E-state index in [-0.39, 0.29) is 12.7 Å². The van der Waals surface area contributed by atoms with Crippen LogP contribution in [0.1, 0.15) is 13.8 Å². The molecule has 0 saturated carbocycles. The summed E-state index contributed by atoms with van der Waals surface area (Å²) in [5.74, 6) is -0.386. The quantitative estimate of drug-likeness (QED) is 0.537. The minimum absolute atomic E-state index is 0.00116. The lowest BCUT2D eigenvalue weighted by molar-refractivity contribution is -0.138. The van der Waals surface area contributed by atoms with Gasteiger partial charge in [0.15, 0.2) is 6.73 Å². The maximum absolute atomic E-state index is 11.1. The molecule has 0 radical (unpaired) electrons. The molecule has 1 rings (SSSR count). The highest BCUT2D eigenvalue weighted by Crippen LogP contribution is 2.11. The van der Waals surface area contributed by atoms with E-state index in [9.17, 15) is 9.59 Å². The number of amides is 1. The van der Waals surface area contributed by atoms with Crippen molar-refractivity contribution in [1.29, 1.82) is 0 Å². The third-order valence-electron chi connectivity index (χ3n) is 1.66. The molecule has 0 aromatic carbocycles. The van der Waals surface area contributed by atoms with Crippen LogP contribution in [0.2, 0.25) is 0 Å². The monoisotopic (exact) mass is 173 g/mol. The molecule has 0 bridgehead atoms. The Morgan fingerprint density at radius 1 is 1.83 bits per heavy atom. The van der Waals surface area contributed by atoms with Crippen LogP contribution in [0.25, 0.3) is 0 Å². The Morgan fingerprint density at radius 3 is 2.92 bits per heavy atom. The lowest BCUT2D eigenvalue weighted by Gasteiger charge is -2.15. The van der Waals surface area contributed by atoms with Crippen LogP contribution in [0.5, 0.6) is 0 Å². The molecule has 1 aliphatic rings. The van der Waals surface area contributed by atoms with Gasteiger partial charge in [0.2, 0.25) is 0 Å². The fourth-order valence-electron chi connectivity index (χ4n) is 0.910. The Kier molecular flexibility index (Phi) is 2.52. The van der Waals surface area contributed by atoms with Gasteiger partial charge in [0.05, 0.1) is 6.61 Å². The minimum Gasteiger partial charge on any atom is -0.450 e. The summed E-state index contributed by atoms with van der Waals surface area (Å²) >= 11 is 0. The number of carbonyl (C=O) groups is 2. The first-order valence-corrected chi connectivity index (χ1v) is 3.77. The summed E-state index contributed by atoms with van der Waals surface area (Å²) in [5.41, 5.74) is 0. The average Bonchev–Trinajstić information content (AvgIpc) is 2.34. The van der Waals surface area contributed by atoms with E-state index in [4.69, 9.17) is 4.74 Å². The minimum atomic E-state index is -0.524. The molecule has 1 atom stereocenters. The van der Waals surface area contributed by atoms with Crippen LogP contribution < -0.4 is 0 Å². The van der Waals surface area contributed by atoms with Crippen LogP contribution >= 0.6 is 0 Å². The Bertz CT molecular complexity index is 204. The summed E-state index contributed by atoms with van der Waals surface area (Å²) in [7, 11) is 0. The average molecular weight is 173 g/mol. The first kappa shape index (κ1) is 8.83. The predicted octanol–water partition coefficient (Wildman–Crippen LogP) is 0.348. The lowest BCUT2D eigenvalue weighted by atomic mass is 10.3. The van der Waals surface area contributed by atoms with Crippen molar-refractivity contribution in [2.24, 2.45) is 0 Å². The number of hydrogen-bond acceptors (Lipinski definition) is 4. The molecular formula is C7H11NO4. The zero-order valence-electron chi connectivity index (χ0n) is 7.07. The third kappa shape index (κ3) is 1.49. The van der Waals surface area contributed by atoms with Gasteiger partial charge in [0, 0.05) is 0 Å². The largest absolute Gasteiger partial charge is 0.450 e. The van der Waals surface area contributed by atoms with Gasteiger partial charge in [-0.1, -0.05) is 0 Å². The molecule has 1 fully saturated rings. The Labute approximate surface area is 70.2 Å². The molecule has 1 unspecified atom stereocenters. The number of rotatable bonds is 1. The van der Waals surface area contributed by atoms with Crippen LogP contribution in [0.15, 0.2) is 0 Å². The van der Waals surface area contributed by atoms with Crippen molar-refractivity contribution >= 4 is 12.1 Å². The first-order valence-electron chi connectivity index (χ1n) is 3.77. The van der Waals surface area contributed by atoms with Crippen LogP contribution in [-0.2, 0) is 14.3 Å². The van der Waals surface area contributed by atoms with E-state index in [0.29, 0.717) is 6.61 Å². The van der Waals surface area contributed by atoms with Gasteiger partial charge in [-0.05, 0) is 13.8 Å². The van der Waals surface area contributed by atoms with Gasteiger partial charge in [0.1, 0.15) is 6.04 Å². The van der Waals surface area contributed by atoms with Crippen LogP contribution in [0.3, 0.4) is 0 Å². The summed E-state index contributed by atoms with van der Waals surface area (Å²) in [6.07, 6.45) is -0.504. The second-order valence-electron chi connectivity index (χ2n) is 2.44. The Hall–Kier alpha value is -1.26. The fraction of sp³-hybridized carbons (Fsp3) is 0.714. The molecule has 1 heterocycles. The van der Waals surface area contributed by atoms with Crippen LogP contribution in [-0.4, -0.2) is 36.3 Å². The molecule has 0 aromatic rings. The van der Waals surface area contributed by atoms with Gasteiger partial charge in [-0.25, -0.2) is 9.59 Å². The molecule has 0 aromatic heterocycles. The first-order chi connectivity index (χ1) is 5.66. The van der Waals surface area contributed by atoms with Gasteiger partial charge < -0.3 is 9.47 Å². The highest BCUT2D eigenvalue weighted by molar-refractivity contribution is 5.83. The topological polar surface area (TPSA) is 55.8 Å². The van der Waals surface area contributed by atoms with Crippen molar-refractivity contribution in [3.8, 4) is 0 Å². The van der Waals surface area contributed by atoms with Crippen molar-refractivity contribution in [3.63, 3.8) is 0 Å². The van der Waals surface area contributed by atoms with Gasteiger partial charge in [-0.2, -0.15) is 0 Å². The van der Waals surface area contributed by atoms with E-state index in [2.05, 4.69) is 4.74 Å². The maximum atomic E-state index is 11.1. The van der Waals surface area contributed by atoms with E-state index in [0.717, 1.165) is 0 Å². The Balaban J connectivity index is 2.53. The molecule has 5 heteroatoms. The van der Waals surface area contributed by atoms with Crippen molar-refractivity contribution in [1.82, 2.24) is 4.90 Å². The maximum Gasteiger partial charge on any atom is 0.413 e. The predicted molar refractivity (Wildman–Crippen MR) is 39.3 cm³/mol. The number of esters is 1. The van der Waals surface area contributed by atoms with Crippen molar-refractivity contribution in [2.75, 3.05) is 13.3 Å². The van der Waals surface area contributed by atoms with Gasteiger partial charge in [-0.15, -0.1) is 0 Å². The SMILES string of the molecule is CCOC(=O)N1COC(=O)C1C. The van der Waals surface area contributed by atoms with Crippen molar-refractivity contribution < 1.29 is 19.1 Å². The Morgan fingerprint density at radius 2 is 2.50 bits per heavy atom. The molecule has 0 aliphatic carbocycles. The van der Waals surface area contributed by atoms with E-state index in [1.54, 1.807) is 13.8 Å². The van der Waals surface area contributed by atoms with E-state index in [1.807, 2.05) is 0 Å². The fourth-order valence-corrected chi connectivity index (χ4v) is 0.910. The molecule has 12 heavy (non-hydrogen) atoms. The molecule has 1 aliphatic heterocycles. The summed E-state index contributed by atoms with van der Waals surface area (Å²) < 4.78 is 9.33. The molecule has 0 spiro atoms. The summed E-state index contributed by atoms with van der Waals surface area (Å²) in [6, 6.07) is -0.524. The van der Waals surface area contributed by atoms with E-state index in [1.165, 1.54) is 4.90 Å². The summed E-state index contributed by atoms with van der Waals surface area (Å²) in [5, 5.41) is 0. The van der Waals surface area contributed by atoms with E-state index < -0.39 is 12.1 Å². The summed E-state index contributed by atoms with van der Waals surface area (Å²) in [6.45, 7) is 3.61. The zero-order chi connectivity index (χ0) is 9.14. The molecule has 1 amide bonds. The lowest BCUT2D eigenvalue weighted by Crippen LogP contribution is -2.36. The van der Waals surface area contributed by atoms with Crippen LogP contribution in [0.4, 0.5) is 4.79 Å². The van der Waals surface area contributed by atoms with Gasteiger partial charge in [0.25, 0.3) is 0 Å². The summed E-state index contributed by atoms with van der Waals surface area (Å²) in [4.78, 5) is 23.1. The number of cyclic esters (lactones) is 1. The molecule has 68 valence electrons. The standard InChI is InChI=1S/C7H11NO4/c1-3-11-7(10)8-4-12-6(9)5(8)2/h5H,3-4H2,1-2H3. The molecular weight excluding hydrogens is 162 g/mol. The van der Waals surface area contributed by atoms with Gasteiger partial charge >= 0.3 is 12.1 Å². The highest BCUT2D eigenvalue weighted by atomic mass is 16.6. The second kappa shape index (κ2) is 3.42.